The van der Waals surface area contributed by atoms with E-state index in [1.54, 1.807) is 6.20 Å². The Morgan fingerprint density at radius 3 is 2.70 bits per heavy atom. The third-order valence-corrected chi connectivity index (χ3v) is 5.37. The number of hydrogen-bond donors (Lipinski definition) is 0. The first-order valence-electron chi connectivity index (χ1n) is 9.96. The van der Waals surface area contributed by atoms with Gasteiger partial charge in [0.15, 0.2) is 0 Å². The van der Waals surface area contributed by atoms with Gasteiger partial charge in [0, 0.05) is 50.3 Å². The van der Waals surface area contributed by atoms with Crippen molar-refractivity contribution in [2.24, 2.45) is 5.92 Å². The van der Waals surface area contributed by atoms with Crippen molar-refractivity contribution in [1.29, 1.82) is 0 Å². The van der Waals surface area contributed by atoms with E-state index >= 15 is 0 Å². The minimum absolute atomic E-state index is 0.0468. The first-order chi connectivity index (χ1) is 13.0. The summed E-state index contributed by atoms with van der Waals surface area (Å²) in [5.74, 6) is 1.82. The number of rotatable bonds is 8. The number of imidazole rings is 1. The molecule has 1 saturated heterocycles. The monoisotopic (exact) mass is 372 g/mol. The van der Waals surface area contributed by atoms with Gasteiger partial charge in [-0.3, -0.25) is 9.48 Å². The SMILES string of the molecule is CC(Cn1cccn1)C(=O)N1CCC(c2nccn2CCCN(C)C)CC1. The number of piperidine rings is 1. The first-order valence-corrected chi connectivity index (χ1v) is 9.96. The van der Waals surface area contributed by atoms with Crippen LogP contribution in [0.25, 0.3) is 0 Å². The van der Waals surface area contributed by atoms with Crippen molar-refractivity contribution < 1.29 is 4.79 Å². The number of nitrogens with zero attached hydrogens (tertiary/aromatic N) is 6. The average Bonchev–Trinajstić information content (AvgIpc) is 3.33. The van der Waals surface area contributed by atoms with Crippen LogP contribution in [0.1, 0.15) is 37.9 Å². The topological polar surface area (TPSA) is 59.2 Å². The van der Waals surface area contributed by atoms with Gasteiger partial charge in [0.1, 0.15) is 5.82 Å². The molecular formula is C20H32N6O. The predicted octanol–water partition coefficient (Wildman–Crippen LogP) is 2.07. The Kier molecular flexibility index (Phi) is 6.66. The van der Waals surface area contributed by atoms with Gasteiger partial charge in [-0.15, -0.1) is 0 Å². The Bertz CT molecular complexity index is 700. The molecule has 1 unspecified atom stereocenters. The van der Waals surface area contributed by atoms with Crippen LogP contribution in [-0.2, 0) is 17.9 Å². The molecule has 2 aromatic heterocycles. The van der Waals surface area contributed by atoms with Crippen molar-refractivity contribution in [2.75, 3.05) is 33.7 Å². The summed E-state index contributed by atoms with van der Waals surface area (Å²) in [4.78, 5) is 21.6. The van der Waals surface area contributed by atoms with Gasteiger partial charge in [-0.05, 0) is 46.0 Å². The van der Waals surface area contributed by atoms with Crippen LogP contribution in [0.3, 0.4) is 0 Å². The van der Waals surface area contributed by atoms with Crippen LogP contribution in [0.15, 0.2) is 30.9 Å². The fourth-order valence-electron chi connectivity index (χ4n) is 3.86. The van der Waals surface area contributed by atoms with E-state index in [-0.39, 0.29) is 11.8 Å². The molecular weight excluding hydrogens is 340 g/mol. The Labute approximate surface area is 162 Å². The molecule has 1 atom stereocenters. The fourth-order valence-corrected chi connectivity index (χ4v) is 3.86. The molecule has 148 valence electrons. The molecule has 1 amide bonds. The summed E-state index contributed by atoms with van der Waals surface area (Å²) < 4.78 is 4.13. The molecule has 0 radical (unpaired) electrons. The van der Waals surface area contributed by atoms with E-state index in [4.69, 9.17) is 0 Å². The number of carbonyl (C=O) groups is 1. The number of likely N-dealkylation sites (tertiary alicyclic amines) is 1. The van der Waals surface area contributed by atoms with Gasteiger partial charge in [0.2, 0.25) is 5.91 Å². The number of aryl methyl sites for hydroxylation is 1. The molecule has 0 aliphatic carbocycles. The zero-order chi connectivity index (χ0) is 19.2. The Balaban J connectivity index is 1.50. The highest BCUT2D eigenvalue weighted by atomic mass is 16.2. The second-order valence-electron chi connectivity index (χ2n) is 7.86. The van der Waals surface area contributed by atoms with Crippen molar-refractivity contribution in [3.63, 3.8) is 0 Å². The Morgan fingerprint density at radius 2 is 2.04 bits per heavy atom. The van der Waals surface area contributed by atoms with E-state index < -0.39 is 0 Å². The lowest BCUT2D eigenvalue weighted by Crippen LogP contribution is -2.42. The van der Waals surface area contributed by atoms with E-state index in [9.17, 15) is 4.79 Å². The molecule has 7 heteroatoms. The molecule has 1 fully saturated rings. The molecule has 0 saturated carbocycles. The lowest BCUT2D eigenvalue weighted by molar-refractivity contribution is -0.136. The normalized spacial score (nSPS) is 16.8. The fraction of sp³-hybridized carbons (Fsp3) is 0.650. The molecule has 0 spiro atoms. The quantitative estimate of drug-likeness (QED) is 0.712. The largest absolute Gasteiger partial charge is 0.342 e. The summed E-state index contributed by atoms with van der Waals surface area (Å²) in [6.07, 6.45) is 10.8. The summed E-state index contributed by atoms with van der Waals surface area (Å²) in [6.45, 7) is 6.36. The molecule has 1 aliphatic heterocycles. The summed E-state index contributed by atoms with van der Waals surface area (Å²) in [5.41, 5.74) is 0. The van der Waals surface area contributed by atoms with Crippen LogP contribution in [0.5, 0.6) is 0 Å². The van der Waals surface area contributed by atoms with E-state index in [0.29, 0.717) is 12.5 Å². The number of carbonyl (C=O) groups excluding carboxylic acids is 1. The van der Waals surface area contributed by atoms with Crippen LogP contribution in [0.4, 0.5) is 0 Å². The highest BCUT2D eigenvalue weighted by Gasteiger charge is 2.28. The molecule has 0 bridgehead atoms. The second kappa shape index (κ2) is 9.17. The third-order valence-electron chi connectivity index (χ3n) is 5.37. The average molecular weight is 373 g/mol. The van der Waals surface area contributed by atoms with Gasteiger partial charge in [0.25, 0.3) is 0 Å². The molecule has 3 rings (SSSR count). The standard InChI is InChI=1S/C20H32N6O/c1-17(16-26-12-4-8-22-26)20(27)25-13-6-18(7-14-25)19-21-9-15-24(19)11-5-10-23(2)3/h4,8-9,12,15,17-18H,5-7,10-11,13-14,16H2,1-3H3. The van der Waals surface area contributed by atoms with Crippen LogP contribution >= 0.6 is 0 Å². The molecule has 0 aromatic carbocycles. The Morgan fingerprint density at radius 1 is 1.26 bits per heavy atom. The predicted molar refractivity (Wildman–Crippen MR) is 105 cm³/mol. The summed E-state index contributed by atoms with van der Waals surface area (Å²) in [6, 6.07) is 1.89. The Hall–Kier alpha value is -2.15. The first kappa shape index (κ1) is 19.6. The second-order valence-corrected chi connectivity index (χ2v) is 7.86. The van der Waals surface area contributed by atoms with E-state index in [0.717, 1.165) is 45.4 Å². The van der Waals surface area contributed by atoms with Crippen molar-refractivity contribution in [1.82, 2.24) is 29.1 Å². The summed E-state index contributed by atoms with van der Waals surface area (Å²) in [7, 11) is 4.21. The van der Waals surface area contributed by atoms with Crippen LogP contribution in [0, 0.1) is 5.92 Å². The van der Waals surface area contributed by atoms with Crippen molar-refractivity contribution in [3.8, 4) is 0 Å². The van der Waals surface area contributed by atoms with E-state index in [2.05, 4.69) is 39.8 Å². The highest BCUT2D eigenvalue weighted by molar-refractivity contribution is 5.78. The summed E-state index contributed by atoms with van der Waals surface area (Å²) >= 11 is 0. The van der Waals surface area contributed by atoms with Crippen molar-refractivity contribution in [3.05, 3.63) is 36.7 Å². The molecule has 27 heavy (non-hydrogen) atoms. The maximum absolute atomic E-state index is 12.7. The number of amides is 1. The zero-order valence-electron chi connectivity index (χ0n) is 16.8. The van der Waals surface area contributed by atoms with Gasteiger partial charge in [0.05, 0.1) is 12.5 Å². The van der Waals surface area contributed by atoms with Crippen molar-refractivity contribution in [2.45, 2.75) is 45.2 Å². The van der Waals surface area contributed by atoms with Crippen LogP contribution in [0.2, 0.25) is 0 Å². The maximum Gasteiger partial charge on any atom is 0.227 e. The van der Waals surface area contributed by atoms with Gasteiger partial charge < -0.3 is 14.4 Å². The van der Waals surface area contributed by atoms with E-state index in [1.165, 1.54) is 5.82 Å². The van der Waals surface area contributed by atoms with Gasteiger partial charge in [-0.2, -0.15) is 5.10 Å². The lowest BCUT2D eigenvalue weighted by atomic mass is 9.95. The molecule has 0 N–H and O–H groups in total. The minimum atomic E-state index is -0.0468. The van der Waals surface area contributed by atoms with Crippen molar-refractivity contribution >= 4 is 5.91 Å². The number of aromatic nitrogens is 4. The molecule has 1 aliphatic rings. The van der Waals surface area contributed by atoms with Gasteiger partial charge >= 0.3 is 0 Å². The summed E-state index contributed by atoms with van der Waals surface area (Å²) in [5, 5.41) is 4.21. The van der Waals surface area contributed by atoms with E-state index in [1.807, 2.05) is 35.0 Å². The van der Waals surface area contributed by atoms with Crippen LogP contribution in [-0.4, -0.2) is 68.8 Å². The minimum Gasteiger partial charge on any atom is -0.342 e. The molecule has 2 aromatic rings. The van der Waals surface area contributed by atoms with Gasteiger partial charge in [-0.1, -0.05) is 6.92 Å². The highest BCUT2D eigenvalue weighted by Crippen LogP contribution is 2.28. The zero-order valence-corrected chi connectivity index (χ0v) is 16.8. The van der Waals surface area contributed by atoms with Crippen LogP contribution < -0.4 is 0 Å². The maximum atomic E-state index is 12.7. The number of hydrogen-bond acceptors (Lipinski definition) is 4. The molecule has 7 nitrogen and oxygen atoms in total. The lowest BCUT2D eigenvalue weighted by Gasteiger charge is -2.33. The smallest absolute Gasteiger partial charge is 0.227 e. The third kappa shape index (κ3) is 5.19. The van der Waals surface area contributed by atoms with Gasteiger partial charge in [-0.25, -0.2) is 4.98 Å². The molecule has 3 heterocycles.